The van der Waals surface area contributed by atoms with Crippen LogP contribution < -0.4 is 0 Å². The minimum absolute atomic E-state index is 0.0190. The molecule has 0 spiro atoms. The van der Waals surface area contributed by atoms with Crippen LogP contribution in [0.25, 0.3) is 0 Å². The van der Waals surface area contributed by atoms with Crippen molar-refractivity contribution >= 4 is 17.6 Å². The highest BCUT2D eigenvalue weighted by Crippen LogP contribution is 2.24. The van der Waals surface area contributed by atoms with Crippen molar-refractivity contribution in [2.45, 2.75) is 26.3 Å². The number of aryl methyl sites for hydroxylation is 2. The molecule has 1 aliphatic heterocycles. The average molecular weight is 286 g/mol. The number of nitrogens with zero attached hydrogens (tertiary/aromatic N) is 3. The Balaban J connectivity index is 2.04. The Labute approximate surface area is 118 Å². The zero-order chi connectivity index (χ0) is 14.0. The van der Waals surface area contributed by atoms with E-state index in [0.29, 0.717) is 5.15 Å². The number of esters is 1. The number of methoxy groups -OCH3 is 1. The second kappa shape index (κ2) is 5.92. The number of halogens is 1. The molecule has 5 nitrogen and oxygen atoms in total. The molecule has 0 aliphatic carbocycles. The van der Waals surface area contributed by atoms with Crippen molar-refractivity contribution in [3.8, 4) is 0 Å². The van der Waals surface area contributed by atoms with E-state index in [2.05, 4.69) is 10.00 Å². The lowest BCUT2D eigenvalue weighted by molar-refractivity contribution is -0.147. The summed E-state index contributed by atoms with van der Waals surface area (Å²) in [6, 6.07) is 0. The Morgan fingerprint density at radius 2 is 2.32 bits per heavy atom. The maximum absolute atomic E-state index is 11.6. The number of hydrogen-bond donors (Lipinski definition) is 0. The molecule has 0 amide bonds. The molecular formula is C13H20ClN3O2. The van der Waals surface area contributed by atoms with Gasteiger partial charge >= 0.3 is 5.97 Å². The Morgan fingerprint density at radius 3 is 2.89 bits per heavy atom. The largest absolute Gasteiger partial charge is 0.469 e. The zero-order valence-corrected chi connectivity index (χ0v) is 12.4. The fourth-order valence-corrected chi connectivity index (χ4v) is 2.87. The number of rotatable bonds is 3. The minimum Gasteiger partial charge on any atom is -0.469 e. The van der Waals surface area contributed by atoms with E-state index in [1.54, 1.807) is 4.68 Å². The van der Waals surface area contributed by atoms with Gasteiger partial charge in [0.15, 0.2) is 0 Å². The molecule has 106 valence electrons. The van der Waals surface area contributed by atoms with Crippen molar-refractivity contribution in [1.82, 2.24) is 14.7 Å². The summed E-state index contributed by atoms with van der Waals surface area (Å²) in [5.74, 6) is -0.131. The maximum Gasteiger partial charge on any atom is 0.309 e. The molecular weight excluding hydrogens is 266 g/mol. The van der Waals surface area contributed by atoms with Crippen LogP contribution in [0.4, 0.5) is 0 Å². The molecule has 0 saturated carbocycles. The summed E-state index contributed by atoms with van der Waals surface area (Å²) >= 11 is 6.24. The summed E-state index contributed by atoms with van der Waals surface area (Å²) in [7, 11) is 3.29. The monoisotopic (exact) mass is 285 g/mol. The van der Waals surface area contributed by atoms with Crippen LogP contribution in [-0.2, 0) is 23.1 Å². The number of likely N-dealkylation sites (tertiary alicyclic amines) is 1. The molecule has 1 unspecified atom stereocenters. The lowest BCUT2D eigenvalue weighted by Gasteiger charge is -2.31. The van der Waals surface area contributed by atoms with Gasteiger partial charge in [0, 0.05) is 25.7 Å². The van der Waals surface area contributed by atoms with Crippen LogP contribution in [0, 0.1) is 12.8 Å². The Hall–Kier alpha value is -1.07. The number of piperidine rings is 1. The molecule has 2 heterocycles. The Kier molecular flexibility index (Phi) is 4.47. The van der Waals surface area contributed by atoms with Gasteiger partial charge in [0.2, 0.25) is 0 Å². The van der Waals surface area contributed by atoms with Crippen LogP contribution in [0.3, 0.4) is 0 Å². The van der Waals surface area contributed by atoms with Crippen molar-refractivity contribution < 1.29 is 9.53 Å². The third-order valence-corrected chi connectivity index (χ3v) is 4.16. The summed E-state index contributed by atoms with van der Waals surface area (Å²) in [4.78, 5) is 13.9. The first kappa shape index (κ1) is 14.3. The fraction of sp³-hybridized carbons (Fsp3) is 0.692. The number of ether oxygens (including phenoxy) is 1. The van der Waals surface area contributed by atoms with Crippen molar-refractivity contribution in [2.24, 2.45) is 13.0 Å². The number of hydrogen-bond acceptors (Lipinski definition) is 4. The smallest absolute Gasteiger partial charge is 0.309 e. The summed E-state index contributed by atoms with van der Waals surface area (Å²) in [5, 5.41) is 4.99. The van der Waals surface area contributed by atoms with Gasteiger partial charge < -0.3 is 4.74 Å². The standard InChI is InChI=1S/C13H20ClN3O2/c1-9-11(12(14)16(2)15-9)8-17-6-4-5-10(7-17)13(18)19-3/h10H,4-8H2,1-3H3. The van der Waals surface area contributed by atoms with E-state index in [9.17, 15) is 4.79 Å². The van der Waals surface area contributed by atoms with Crippen LogP contribution in [0.2, 0.25) is 5.15 Å². The number of aromatic nitrogens is 2. The number of carbonyl (C=O) groups excluding carboxylic acids is 1. The van der Waals surface area contributed by atoms with Crippen LogP contribution in [0.1, 0.15) is 24.1 Å². The highest BCUT2D eigenvalue weighted by atomic mass is 35.5. The molecule has 0 aromatic carbocycles. The van der Waals surface area contributed by atoms with Crippen LogP contribution in [0.15, 0.2) is 0 Å². The lowest BCUT2D eigenvalue weighted by Crippen LogP contribution is -2.38. The van der Waals surface area contributed by atoms with Gasteiger partial charge in [-0.1, -0.05) is 11.6 Å². The Morgan fingerprint density at radius 1 is 1.58 bits per heavy atom. The summed E-state index contributed by atoms with van der Waals surface area (Å²) in [5.41, 5.74) is 2.00. The molecule has 0 radical (unpaired) electrons. The predicted octanol–water partition coefficient (Wildman–Crippen LogP) is 1.77. The van der Waals surface area contributed by atoms with E-state index in [1.807, 2.05) is 14.0 Å². The highest BCUT2D eigenvalue weighted by molar-refractivity contribution is 6.30. The lowest BCUT2D eigenvalue weighted by atomic mass is 9.98. The van der Waals surface area contributed by atoms with Crippen LogP contribution in [-0.4, -0.2) is 40.8 Å². The van der Waals surface area contributed by atoms with E-state index < -0.39 is 0 Å². The third kappa shape index (κ3) is 3.09. The summed E-state index contributed by atoms with van der Waals surface area (Å²) in [6.07, 6.45) is 1.92. The first-order valence-electron chi connectivity index (χ1n) is 6.51. The maximum atomic E-state index is 11.6. The van der Waals surface area contributed by atoms with Crippen molar-refractivity contribution in [3.63, 3.8) is 0 Å². The molecule has 0 bridgehead atoms. The van der Waals surface area contributed by atoms with Crippen molar-refractivity contribution in [1.29, 1.82) is 0 Å². The number of carbonyl (C=O) groups is 1. The molecule has 2 rings (SSSR count). The summed E-state index contributed by atoms with van der Waals surface area (Å²) < 4.78 is 6.52. The van der Waals surface area contributed by atoms with Gasteiger partial charge in [-0.05, 0) is 26.3 Å². The topological polar surface area (TPSA) is 47.4 Å². The minimum atomic E-state index is -0.112. The third-order valence-electron chi connectivity index (χ3n) is 3.69. The molecule has 1 atom stereocenters. The van der Waals surface area contributed by atoms with E-state index in [1.165, 1.54) is 7.11 Å². The van der Waals surface area contributed by atoms with Gasteiger partial charge in [-0.2, -0.15) is 5.10 Å². The summed E-state index contributed by atoms with van der Waals surface area (Å²) in [6.45, 7) is 4.42. The van der Waals surface area contributed by atoms with Crippen LogP contribution in [0.5, 0.6) is 0 Å². The van der Waals surface area contributed by atoms with Gasteiger partial charge in [-0.15, -0.1) is 0 Å². The van der Waals surface area contributed by atoms with Crippen molar-refractivity contribution in [3.05, 3.63) is 16.4 Å². The van der Waals surface area contributed by atoms with Gasteiger partial charge in [0.05, 0.1) is 18.7 Å². The first-order chi connectivity index (χ1) is 9.02. The second-order valence-electron chi connectivity index (χ2n) is 5.08. The average Bonchev–Trinajstić information content (AvgIpc) is 2.65. The molecule has 1 saturated heterocycles. The molecule has 19 heavy (non-hydrogen) atoms. The van der Waals surface area contributed by atoms with E-state index >= 15 is 0 Å². The quantitative estimate of drug-likeness (QED) is 0.794. The van der Waals surface area contributed by atoms with Crippen molar-refractivity contribution in [2.75, 3.05) is 20.2 Å². The molecule has 1 aromatic rings. The van der Waals surface area contributed by atoms with Gasteiger partial charge in [0.1, 0.15) is 5.15 Å². The molecule has 1 aliphatic rings. The predicted molar refractivity (Wildman–Crippen MR) is 73.0 cm³/mol. The van der Waals surface area contributed by atoms with E-state index in [0.717, 1.165) is 43.7 Å². The Bertz CT molecular complexity index is 473. The first-order valence-corrected chi connectivity index (χ1v) is 6.89. The molecule has 1 aromatic heterocycles. The van der Waals surface area contributed by atoms with Gasteiger partial charge in [-0.25, -0.2) is 0 Å². The molecule has 1 fully saturated rings. The normalized spacial score (nSPS) is 20.5. The SMILES string of the molecule is COC(=O)C1CCCN(Cc2c(C)nn(C)c2Cl)C1. The van der Waals surface area contributed by atoms with E-state index in [-0.39, 0.29) is 11.9 Å². The molecule has 6 heteroatoms. The zero-order valence-electron chi connectivity index (χ0n) is 11.6. The van der Waals surface area contributed by atoms with Gasteiger partial charge in [-0.3, -0.25) is 14.4 Å². The highest BCUT2D eigenvalue weighted by Gasteiger charge is 2.27. The van der Waals surface area contributed by atoms with Gasteiger partial charge in [0.25, 0.3) is 0 Å². The molecule has 0 N–H and O–H groups in total. The van der Waals surface area contributed by atoms with Crippen LogP contribution >= 0.6 is 11.6 Å². The fourth-order valence-electron chi connectivity index (χ4n) is 2.64. The van der Waals surface area contributed by atoms with E-state index in [4.69, 9.17) is 16.3 Å². The second-order valence-corrected chi connectivity index (χ2v) is 5.43.